The van der Waals surface area contributed by atoms with Crippen LogP contribution in [0.3, 0.4) is 0 Å². The molecule has 0 aliphatic carbocycles. The van der Waals surface area contributed by atoms with Crippen LogP contribution in [0.1, 0.15) is 40.0 Å². The molecule has 0 amide bonds. The van der Waals surface area contributed by atoms with Gasteiger partial charge in [0.1, 0.15) is 13.2 Å². The van der Waals surface area contributed by atoms with Gasteiger partial charge in [0, 0.05) is 0 Å². The molecule has 0 fully saturated rings. The van der Waals surface area contributed by atoms with Crippen molar-refractivity contribution in [2.45, 2.75) is 46.1 Å². The molecule has 0 aromatic carbocycles. The molecule has 28 heavy (non-hydrogen) atoms. The monoisotopic (exact) mass is 390 g/mol. The molecule has 0 aliphatic rings. The highest BCUT2D eigenvalue weighted by Gasteiger charge is 2.18. The highest BCUT2D eigenvalue weighted by molar-refractivity contribution is 5.73. The van der Waals surface area contributed by atoms with Gasteiger partial charge in [-0.3, -0.25) is 14.4 Å². The van der Waals surface area contributed by atoms with Gasteiger partial charge in [0.25, 0.3) is 0 Å². The molecule has 0 saturated carbocycles. The second-order valence-corrected chi connectivity index (χ2v) is 5.57. The SMILES string of the molecule is CC=CC=CC=CCC(=O)OC(COC(=O)CC=CC)COC(=O)CC=CC. The fourth-order valence-electron chi connectivity index (χ4n) is 1.75. The molecule has 0 atom stereocenters. The maximum absolute atomic E-state index is 12.0. The van der Waals surface area contributed by atoms with Gasteiger partial charge < -0.3 is 14.2 Å². The predicted octanol–water partition coefficient (Wildman–Crippen LogP) is 4.00. The fraction of sp³-hybridized carbons (Fsp3) is 0.409. The van der Waals surface area contributed by atoms with Crippen LogP contribution in [0.2, 0.25) is 0 Å². The summed E-state index contributed by atoms with van der Waals surface area (Å²) in [6.45, 7) is 5.14. The van der Waals surface area contributed by atoms with Crippen LogP contribution in [-0.4, -0.2) is 37.2 Å². The first-order chi connectivity index (χ1) is 13.5. The maximum atomic E-state index is 12.0. The zero-order valence-electron chi connectivity index (χ0n) is 16.8. The Balaban J connectivity index is 4.61. The average Bonchev–Trinajstić information content (AvgIpc) is 2.69. The molecular weight excluding hydrogens is 360 g/mol. The summed E-state index contributed by atoms with van der Waals surface area (Å²) in [5.41, 5.74) is 0. The van der Waals surface area contributed by atoms with Crippen molar-refractivity contribution < 1.29 is 28.6 Å². The van der Waals surface area contributed by atoms with Crippen molar-refractivity contribution >= 4 is 17.9 Å². The lowest BCUT2D eigenvalue weighted by atomic mass is 10.3. The maximum Gasteiger partial charge on any atom is 0.310 e. The van der Waals surface area contributed by atoms with E-state index in [1.54, 1.807) is 56.4 Å². The van der Waals surface area contributed by atoms with Crippen LogP contribution < -0.4 is 0 Å². The number of ether oxygens (including phenoxy) is 3. The Kier molecular flexibility index (Phi) is 15.7. The summed E-state index contributed by atoms with van der Waals surface area (Å²) >= 11 is 0. The number of allylic oxidation sites excluding steroid dienone is 7. The zero-order valence-corrected chi connectivity index (χ0v) is 16.8. The lowest BCUT2D eigenvalue weighted by Gasteiger charge is -2.17. The van der Waals surface area contributed by atoms with Crippen LogP contribution in [-0.2, 0) is 28.6 Å². The van der Waals surface area contributed by atoms with Crippen LogP contribution in [0.4, 0.5) is 0 Å². The minimum atomic E-state index is -0.858. The van der Waals surface area contributed by atoms with E-state index in [9.17, 15) is 14.4 Å². The van der Waals surface area contributed by atoms with Gasteiger partial charge in [-0.15, -0.1) is 0 Å². The second kappa shape index (κ2) is 17.5. The zero-order chi connectivity index (χ0) is 21.0. The first kappa shape index (κ1) is 25.1. The number of hydrogen-bond acceptors (Lipinski definition) is 6. The van der Waals surface area contributed by atoms with Gasteiger partial charge in [-0.25, -0.2) is 0 Å². The van der Waals surface area contributed by atoms with E-state index in [-0.39, 0.29) is 32.5 Å². The van der Waals surface area contributed by atoms with Gasteiger partial charge in [0.05, 0.1) is 19.3 Å². The van der Waals surface area contributed by atoms with Gasteiger partial charge in [-0.1, -0.05) is 60.8 Å². The normalized spacial score (nSPS) is 13.1. The summed E-state index contributed by atoms with van der Waals surface area (Å²) in [5.74, 6) is -1.41. The molecular formula is C22H30O6. The molecule has 0 aromatic heterocycles. The third-order valence-electron chi connectivity index (χ3n) is 3.15. The Morgan fingerprint density at radius 3 is 1.64 bits per heavy atom. The molecule has 0 spiro atoms. The van der Waals surface area contributed by atoms with Crippen LogP contribution in [0.5, 0.6) is 0 Å². The summed E-state index contributed by atoms with van der Waals surface area (Å²) in [4.78, 5) is 35.2. The molecule has 6 heteroatoms. The van der Waals surface area contributed by atoms with E-state index >= 15 is 0 Å². The summed E-state index contributed by atoms with van der Waals surface area (Å²) in [6.07, 6.45) is 17.0. The fourth-order valence-corrected chi connectivity index (χ4v) is 1.75. The van der Waals surface area contributed by atoms with E-state index in [0.29, 0.717) is 0 Å². The topological polar surface area (TPSA) is 78.9 Å². The van der Waals surface area contributed by atoms with Crippen molar-refractivity contribution in [3.8, 4) is 0 Å². The van der Waals surface area contributed by atoms with E-state index < -0.39 is 24.0 Å². The Bertz CT molecular complexity index is 581. The van der Waals surface area contributed by atoms with Gasteiger partial charge in [-0.05, 0) is 20.8 Å². The highest BCUT2D eigenvalue weighted by Crippen LogP contribution is 2.03. The Morgan fingerprint density at radius 1 is 0.643 bits per heavy atom. The van der Waals surface area contributed by atoms with Crippen molar-refractivity contribution in [3.63, 3.8) is 0 Å². The van der Waals surface area contributed by atoms with E-state index in [4.69, 9.17) is 14.2 Å². The molecule has 0 unspecified atom stereocenters. The molecule has 0 N–H and O–H groups in total. The van der Waals surface area contributed by atoms with E-state index in [1.807, 2.05) is 25.2 Å². The first-order valence-electron chi connectivity index (χ1n) is 9.21. The number of hydrogen-bond donors (Lipinski definition) is 0. The molecule has 0 aliphatic heterocycles. The Hall–Kier alpha value is -2.89. The van der Waals surface area contributed by atoms with Crippen molar-refractivity contribution in [3.05, 3.63) is 60.8 Å². The predicted molar refractivity (Wildman–Crippen MR) is 108 cm³/mol. The Morgan fingerprint density at radius 2 is 1.14 bits per heavy atom. The minimum Gasteiger partial charge on any atom is -0.461 e. The molecule has 0 aromatic rings. The standard InChI is InChI=1S/C22H30O6/c1-4-7-10-11-12-13-16-22(25)28-19(17-26-20(23)14-8-5-2)18-27-21(24)15-9-6-3/h4-13,19H,14-18H2,1-3H3. The van der Waals surface area contributed by atoms with Crippen LogP contribution in [0, 0.1) is 0 Å². The lowest BCUT2D eigenvalue weighted by molar-refractivity contribution is -0.165. The van der Waals surface area contributed by atoms with Crippen molar-refractivity contribution in [1.82, 2.24) is 0 Å². The molecule has 6 nitrogen and oxygen atoms in total. The number of esters is 3. The lowest BCUT2D eigenvalue weighted by Crippen LogP contribution is -2.30. The van der Waals surface area contributed by atoms with E-state index in [0.717, 1.165) is 0 Å². The number of carbonyl (C=O) groups excluding carboxylic acids is 3. The summed E-state index contributed by atoms with van der Waals surface area (Å²) in [5, 5.41) is 0. The largest absolute Gasteiger partial charge is 0.461 e. The Labute approximate surface area is 167 Å². The minimum absolute atomic E-state index is 0.0513. The summed E-state index contributed by atoms with van der Waals surface area (Å²) in [7, 11) is 0. The van der Waals surface area contributed by atoms with Gasteiger partial charge in [0.15, 0.2) is 6.10 Å². The van der Waals surface area contributed by atoms with Gasteiger partial charge >= 0.3 is 17.9 Å². The molecule has 0 rings (SSSR count). The average molecular weight is 390 g/mol. The van der Waals surface area contributed by atoms with Crippen LogP contribution in [0.25, 0.3) is 0 Å². The highest BCUT2D eigenvalue weighted by atomic mass is 16.6. The van der Waals surface area contributed by atoms with Crippen LogP contribution >= 0.6 is 0 Å². The summed E-state index contributed by atoms with van der Waals surface area (Å²) in [6, 6.07) is 0. The third-order valence-corrected chi connectivity index (χ3v) is 3.15. The first-order valence-corrected chi connectivity index (χ1v) is 9.21. The second-order valence-electron chi connectivity index (χ2n) is 5.57. The molecule has 0 radical (unpaired) electrons. The quantitative estimate of drug-likeness (QED) is 0.205. The number of rotatable bonds is 13. The third kappa shape index (κ3) is 15.4. The molecule has 154 valence electrons. The van der Waals surface area contributed by atoms with Crippen LogP contribution in [0.15, 0.2) is 60.8 Å². The molecule has 0 heterocycles. The van der Waals surface area contributed by atoms with Crippen molar-refractivity contribution in [2.24, 2.45) is 0 Å². The van der Waals surface area contributed by atoms with Crippen molar-refractivity contribution in [1.29, 1.82) is 0 Å². The van der Waals surface area contributed by atoms with Crippen molar-refractivity contribution in [2.75, 3.05) is 13.2 Å². The van der Waals surface area contributed by atoms with E-state index in [1.165, 1.54) is 0 Å². The smallest absolute Gasteiger partial charge is 0.310 e. The summed E-state index contributed by atoms with van der Waals surface area (Å²) < 4.78 is 15.4. The van der Waals surface area contributed by atoms with E-state index in [2.05, 4.69) is 0 Å². The van der Waals surface area contributed by atoms with Gasteiger partial charge in [-0.2, -0.15) is 0 Å². The number of carbonyl (C=O) groups is 3. The molecule has 0 saturated heterocycles. The van der Waals surface area contributed by atoms with Gasteiger partial charge in [0.2, 0.25) is 0 Å². The molecule has 0 bridgehead atoms.